The van der Waals surface area contributed by atoms with Gasteiger partial charge in [-0.25, -0.2) is 13.0 Å². The fourth-order valence-electron chi connectivity index (χ4n) is 1.71. The highest BCUT2D eigenvalue weighted by Gasteiger charge is 2.15. The molecule has 2 aromatic rings. The molecule has 0 bridgehead atoms. The van der Waals surface area contributed by atoms with E-state index >= 15 is 0 Å². The van der Waals surface area contributed by atoms with E-state index in [-0.39, 0.29) is 11.1 Å². The minimum absolute atomic E-state index is 0.174. The van der Waals surface area contributed by atoms with Crippen LogP contribution in [0, 0.1) is 18.6 Å². The number of rotatable bonds is 2. The van der Waals surface area contributed by atoms with Gasteiger partial charge < -0.3 is 0 Å². The predicted molar refractivity (Wildman–Crippen MR) is 76.6 cm³/mol. The molecule has 1 atom stereocenters. The van der Waals surface area contributed by atoms with Crippen LogP contribution < -0.4 is 0 Å². The molecule has 0 N–H and O–H groups in total. The molecule has 21 heavy (non-hydrogen) atoms. The molecule has 6 heteroatoms. The van der Waals surface area contributed by atoms with E-state index in [0.29, 0.717) is 4.90 Å². The molecule has 2 aromatic carbocycles. The largest absolute Gasteiger partial charge is 0.285 e. The smallest absolute Gasteiger partial charge is 0.266 e. The van der Waals surface area contributed by atoms with Crippen molar-refractivity contribution in [2.24, 2.45) is 4.36 Å². The van der Waals surface area contributed by atoms with Crippen molar-refractivity contribution in [1.82, 2.24) is 0 Å². The Hall–Kier alpha value is -2.08. The number of nitrogens with zero attached hydrogens (tertiary/aromatic N) is 1. The number of halogens is 2. The van der Waals surface area contributed by atoms with E-state index < -0.39 is 27.3 Å². The predicted octanol–water partition coefficient (Wildman–Crippen LogP) is 3.57. The quantitative estimate of drug-likeness (QED) is 0.851. The van der Waals surface area contributed by atoms with E-state index in [1.54, 1.807) is 30.3 Å². The van der Waals surface area contributed by atoms with Gasteiger partial charge in [-0.3, -0.25) is 4.79 Å². The van der Waals surface area contributed by atoms with Gasteiger partial charge in [0.05, 0.1) is 9.73 Å². The van der Waals surface area contributed by atoms with Crippen LogP contribution in [0.2, 0.25) is 0 Å². The maximum Gasteiger partial charge on any atom is 0.285 e. The van der Waals surface area contributed by atoms with Crippen LogP contribution in [-0.2, 0) is 9.73 Å². The normalized spacial score (nSPS) is 13.5. The maximum atomic E-state index is 13.5. The summed E-state index contributed by atoms with van der Waals surface area (Å²) >= 11 is 0. The zero-order valence-corrected chi connectivity index (χ0v) is 12.3. The van der Waals surface area contributed by atoms with E-state index in [2.05, 4.69) is 4.36 Å². The molecular weight excluding hydrogens is 296 g/mol. The summed E-state index contributed by atoms with van der Waals surface area (Å²) in [5, 5.41) is 0. The third-order valence-corrected chi connectivity index (χ3v) is 4.63. The van der Waals surface area contributed by atoms with Gasteiger partial charge in [0, 0.05) is 22.3 Å². The number of hydrogen-bond donors (Lipinski definition) is 0. The van der Waals surface area contributed by atoms with Crippen molar-refractivity contribution in [1.29, 1.82) is 0 Å². The molecule has 0 fully saturated rings. The summed E-state index contributed by atoms with van der Waals surface area (Å²) < 4.78 is 43.0. The molecule has 1 unspecified atom stereocenters. The first-order chi connectivity index (χ1) is 9.81. The van der Waals surface area contributed by atoms with Crippen molar-refractivity contribution in [3.05, 3.63) is 65.2 Å². The van der Waals surface area contributed by atoms with Crippen LogP contribution in [0.1, 0.15) is 15.9 Å². The summed E-state index contributed by atoms with van der Waals surface area (Å²) in [5.41, 5.74) is -0.437. The van der Waals surface area contributed by atoms with Crippen LogP contribution in [0.4, 0.5) is 8.78 Å². The Morgan fingerprint density at radius 1 is 1.10 bits per heavy atom. The molecule has 3 nitrogen and oxygen atoms in total. The molecule has 110 valence electrons. The first kappa shape index (κ1) is 15.3. The van der Waals surface area contributed by atoms with Gasteiger partial charge in [-0.15, -0.1) is 0 Å². The number of hydrogen-bond acceptors (Lipinski definition) is 2. The van der Waals surface area contributed by atoms with Gasteiger partial charge in [0.25, 0.3) is 5.91 Å². The van der Waals surface area contributed by atoms with Gasteiger partial charge in [-0.2, -0.15) is 4.36 Å². The number of benzene rings is 2. The van der Waals surface area contributed by atoms with Crippen molar-refractivity contribution in [3.8, 4) is 0 Å². The van der Waals surface area contributed by atoms with Gasteiger partial charge >= 0.3 is 0 Å². The van der Waals surface area contributed by atoms with E-state index in [0.717, 1.165) is 12.1 Å². The summed E-state index contributed by atoms with van der Waals surface area (Å²) in [6.07, 6.45) is 1.31. The summed E-state index contributed by atoms with van der Waals surface area (Å²) in [4.78, 5) is 12.4. The molecular formula is C15H13F2NO2S. The molecule has 0 saturated heterocycles. The number of carbonyl (C=O) groups excluding carboxylic acids is 1. The third kappa shape index (κ3) is 3.33. The molecule has 0 saturated carbocycles. The van der Waals surface area contributed by atoms with Crippen molar-refractivity contribution in [2.75, 3.05) is 6.26 Å². The van der Waals surface area contributed by atoms with Gasteiger partial charge in [0.1, 0.15) is 11.6 Å². The standard InChI is InChI=1S/C15H13F2NO2S/c1-10-13(16)8-11(9-14(10)17)15(19)18-21(2,20)12-6-4-3-5-7-12/h3-9H,1-2H3. The SMILES string of the molecule is Cc1c(F)cc(C(=O)N=S(C)(=O)c2ccccc2)cc1F. The lowest BCUT2D eigenvalue weighted by Gasteiger charge is -2.05. The molecule has 0 aromatic heterocycles. The van der Waals surface area contributed by atoms with E-state index in [1.165, 1.54) is 13.2 Å². The lowest BCUT2D eigenvalue weighted by atomic mass is 10.1. The first-order valence-electron chi connectivity index (χ1n) is 6.08. The fourth-order valence-corrected chi connectivity index (χ4v) is 2.89. The van der Waals surface area contributed by atoms with Crippen molar-refractivity contribution >= 4 is 15.6 Å². The summed E-state index contributed by atoms with van der Waals surface area (Å²) in [5.74, 6) is -2.59. The zero-order valence-electron chi connectivity index (χ0n) is 11.5. The molecule has 0 radical (unpaired) electrons. The zero-order chi connectivity index (χ0) is 15.6. The Labute approximate surface area is 121 Å². The van der Waals surface area contributed by atoms with Gasteiger partial charge in [-0.1, -0.05) is 18.2 Å². The van der Waals surface area contributed by atoms with Crippen molar-refractivity contribution in [3.63, 3.8) is 0 Å². The second-order valence-corrected chi connectivity index (χ2v) is 6.84. The van der Waals surface area contributed by atoms with Crippen LogP contribution in [0.3, 0.4) is 0 Å². The van der Waals surface area contributed by atoms with Crippen molar-refractivity contribution in [2.45, 2.75) is 11.8 Å². The highest BCUT2D eigenvalue weighted by molar-refractivity contribution is 7.93. The molecule has 0 heterocycles. The molecule has 0 aliphatic rings. The number of amides is 1. The highest BCUT2D eigenvalue weighted by atomic mass is 32.2. The summed E-state index contributed by atoms with van der Waals surface area (Å²) in [6, 6.07) is 10.0. The Balaban J connectivity index is 2.46. The van der Waals surface area contributed by atoms with E-state index in [9.17, 15) is 17.8 Å². The first-order valence-corrected chi connectivity index (χ1v) is 8.01. The average molecular weight is 309 g/mol. The van der Waals surface area contributed by atoms with Crippen LogP contribution >= 0.6 is 0 Å². The van der Waals surface area contributed by atoms with Crippen LogP contribution in [-0.4, -0.2) is 16.4 Å². The Bertz CT molecular complexity index is 787. The second-order valence-electron chi connectivity index (χ2n) is 4.58. The molecule has 2 rings (SSSR count). The number of carbonyl (C=O) groups is 1. The Morgan fingerprint density at radius 3 is 2.14 bits per heavy atom. The monoisotopic (exact) mass is 309 g/mol. The summed E-state index contributed by atoms with van der Waals surface area (Å²) in [7, 11) is -2.96. The molecule has 0 aliphatic carbocycles. The molecule has 1 amide bonds. The van der Waals surface area contributed by atoms with Crippen LogP contribution in [0.25, 0.3) is 0 Å². The Kier molecular flexibility index (Phi) is 4.18. The van der Waals surface area contributed by atoms with Gasteiger partial charge in [-0.05, 0) is 31.2 Å². The Morgan fingerprint density at radius 2 is 1.62 bits per heavy atom. The lowest BCUT2D eigenvalue weighted by Crippen LogP contribution is -2.05. The van der Waals surface area contributed by atoms with Gasteiger partial charge in [0.15, 0.2) is 0 Å². The van der Waals surface area contributed by atoms with Crippen LogP contribution in [0.15, 0.2) is 51.7 Å². The van der Waals surface area contributed by atoms with Gasteiger partial charge in [0.2, 0.25) is 0 Å². The average Bonchev–Trinajstić information content (AvgIpc) is 2.44. The molecule has 0 aliphatic heterocycles. The van der Waals surface area contributed by atoms with E-state index in [4.69, 9.17) is 0 Å². The van der Waals surface area contributed by atoms with Crippen molar-refractivity contribution < 1.29 is 17.8 Å². The minimum atomic E-state index is -2.96. The third-order valence-electron chi connectivity index (χ3n) is 2.97. The maximum absolute atomic E-state index is 13.5. The summed E-state index contributed by atoms with van der Waals surface area (Å²) in [6.45, 7) is 1.27. The lowest BCUT2D eigenvalue weighted by molar-refractivity contribution is 0.100. The van der Waals surface area contributed by atoms with Crippen LogP contribution in [0.5, 0.6) is 0 Å². The highest BCUT2D eigenvalue weighted by Crippen LogP contribution is 2.17. The topological polar surface area (TPSA) is 46.5 Å². The molecule has 0 spiro atoms. The fraction of sp³-hybridized carbons (Fsp3) is 0.133. The minimum Gasteiger partial charge on any atom is -0.266 e. The second kappa shape index (κ2) is 5.73. The van der Waals surface area contributed by atoms with E-state index in [1.807, 2.05) is 0 Å².